The molecule has 2 N–H and O–H groups in total. The molecule has 0 saturated heterocycles. The average Bonchev–Trinajstić information content (AvgIpc) is 2.76. The second-order valence-corrected chi connectivity index (χ2v) is 5.43. The summed E-state index contributed by atoms with van der Waals surface area (Å²) in [5.74, 6) is -0.317. The fourth-order valence-electron chi connectivity index (χ4n) is 1.60. The highest BCUT2D eigenvalue weighted by molar-refractivity contribution is 7.15. The molecule has 0 aliphatic carbocycles. The lowest BCUT2D eigenvalue weighted by molar-refractivity contribution is 0.628. The smallest absolute Gasteiger partial charge is 0.125 e. The first-order valence-corrected chi connectivity index (χ1v) is 6.61. The van der Waals surface area contributed by atoms with Crippen LogP contribution in [0, 0.1) is 5.82 Å². The van der Waals surface area contributed by atoms with E-state index >= 15 is 0 Å². The van der Waals surface area contributed by atoms with E-state index in [1.807, 2.05) is 19.1 Å². The van der Waals surface area contributed by atoms with E-state index < -0.39 is 0 Å². The Kier molecular flexibility index (Phi) is 3.82. The lowest BCUT2D eigenvalue weighted by Crippen LogP contribution is -2.05. The van der Waals surface area contributed by atoms with Crippen molar-refractivity contribution in [3.63, 3.8) is 0 Å². The molecule has 0 fully saturated rings. The SMILES string of the molecule is CCC(N)c1ccc(-c2cc(F)cc(Cl)c2)s1. The van der Waals surface area contributed by atoms with Crippen LogP contribution in [0.15, 0.2) is 30.3 Å². The van der Waals surface area contributed by atoms with E-state index in [0.29, 0.717) is 5.02 Å². The van der Waals surface area contributed by atoms with Crippen LogP contribution in [0.2, 0.25) is 5.02 Å². The van der Waals surface area contributed by atoms with Gasteiger partial charge in [-0.15, -0.1) is 11.3 Å². The molecule has 0 spiro atoms. The normalized spacial score (nSPS) is 12.7. The maximum absolute atomic E-state index is 13.2. The van der Waals surface area contributed by atoms with E-state index in [4.69, 9.17) is 17.3 Å². The van der Waals surface area contributed by atoms with Crippen molar-refractivity contribution in [3.8, 4) is 10.4 Å². The van der Waals surface area contributed by atoms with Gasteiger partial charge in [0.1, 0.15) is 5.82 Å². The van der Waals surface area contributed by atoms with Crippen LogP contribution in [0.25, 0.3) is 10.4 Å². The summed E-state index contributed by atoms with van der Waals surface area (Å²) >= 11 is 7.42. The van der Waals surface area contributed by atoms with Gasteiger partial charge in [-0.25, -0.2) is 4.39 Å². The first-order chi connectivity index (χ1) is 8.10. The van der Waals surface area contributed by atoms with E-state index in [1.165, 1.54) is 12.1 Å². The van der Waals surface area contributed by atoms with Gasteiger partial charge in [-0.1, -0.05) is 18.5 Å². The lowest BCUT2D eigenvalue weighted by Gasteiger charge is -2.04. The molecule has 2 aromatic rings. The van der Waals surface area contributed by atoms with Gasteiger partial charge in [0, 0.05) is 20.8 Å². The molecule has 1 aromatic heterocycles. The van der Waals surface area contributed by atoms with E-state index in [1.54, 1.807) is 17.4 Å². The monoisotopic (exact) mass is 269 g/mol. The molecule has 0 aliphatic rings. The summed E-state index contributed by atoms with van der Waals surface area (Å²) in [5, 5.41) is 0.412. The van der Waals surface area contributed by atoms with Gasteiger partial charge in [-0.3, -0.25) is 0 Å². The summed E-state index contributed by atoms with van der Waals surface area (Å²) in [6.45, 7) is 2.04. The maximum Gasteiger partial charge on any atom is 0.125 e. The van der Waals surface area contributed by atoms with E-state index in [9.17, 15) is 4.39 Å². The van der Waals surface area contributed by atoms with Crippen LogP contribution < -0.4 is 5.73 Å². The Morgan fingerprint density at radius 2 is 2.12 bits per heavy atom. The Morgan fingerprint density at radius 1 is 1.35 bits per heavy atom. The van der Waals surface area contributed by atoms with Gasteiger partial charge >= 0.3 is 0 Å². The zero-order chi connectivity index (χ0) is 12.4. The molecular formula is C13H13ClFNS. The minimum atomic E-state index is -0.317. The molecule has 1 atom stereocenters. The Balaban J connectivity index is 2.36. The highest BCUT2D eigenvalue weighted by atomic mass is 35.5. The van der Waals surface area contributed by atoms with Crippen LogP contribution in [0.1, 0.15) is 24.3 Å². The zero-order valence-electron chi connectivity index (χ0n) is 9.41. The van der Waals surface area contributed by atoms with E-state index in [2.05, 4.69) is 0 Å². The van der Waals surface area contributed by atoms with Crippen molar-refractivity contribution in [1.82, 2.24) is 0 Å². The minimum absolute atomic E-state index is 0.0535. The van der Waals surface area contributed by atoms with Gasteiger partial charge in [0.05, 0.1) is 0 Å². The third kappa shape index (κ3) is 2.86. The number of rotatable bonds is 3. The molecule has 1 heterocycles. The predicted octanol–water partition coefficient (Wildman–Crippen LogP) is 4.62. The zero-order valence-corrected chi connectivity index (χ0v) is 11.0. The molecule has 0 aliphatic heterocycles. The quantitative estimate of drug-likeness (QED) is 0.865. The largest absolute Gasteiger partial charge is 0.323 e. The van der Waals surface area contributed by atoms with Gasteiger partial charge in [-0.2, -0.15) is 0 Å². The molecule has 0 radical (unpaired) electrons. The minimum Gasteiger partial charge on any atom is -0.323 e. The van der Waals surface area contributed by atoms with Crippen molar-refractivity contribution in [2.45, 2.75) is 19.4 Å². The first-order valence-electron chi connectivity index (χ1n) is 5.42. The Labute approximate surface area is 109 Å². The molecule has 17 heavy (non-hydrogen) atoms. The number of nitrogens with two attached hydrogens (primary N) is 1. The number of hydrogen-bond donors (Lipinski definition) is 1. The van der Waals surface area contributed by atoms with Crippen molar-refractivity contribution in [3.05, 3.63) is 46.0 Å². The number of thiophene rings is 1. The second kappa shape index (κ2) is 5.17. The van der Waals surface area contributed by atoms with Crippen molar-refractivity contribution in [1.29, 1.82) is 0 Å². The lowest BCUT2D eigenvalue weighted by atomic mass is 10.1. The number of halogens is 2. The maximum atomic E-state index is 13.2. The molecule has 0 bridgehead atoms. The Bertz CT molecular complexity index is 504. The van der Waals surface area contributed by atoms with Crippen LogP contribution in [0.4, 0.5) is 4.39 Å². The Hall–Kier alpha value is -0.900. The van der Waals surface area contributed by atoms with Gasteiger partial charge in [0.2, 0.25) is 0 Å². The van der Waals surface area contributed by atoms with Crippen LogP contribution in [0.3, 0.4) is 0 Å². The van der Waals surface area contributed by atoms with Crippen LogP contribution in [0.5, 0.6) is 0 Å². The van der Waals surface area contributed by atoms with Gasteiger partial charge in [0.15, 0.2) is 0 Å². The molecule has 1 nitrogen and oxygen atoms in total. The Morgan fingerprint density at radius 3 is 2.76 bits per heavy atom. The summed E-state index contributed by atoms with van der Waals surface area (Å²) in [4.78, 5) is 2.10. The molecule has 0 amide bonds. The number of benzene rings is 1. The van der Waals surface area contributed by atoms with Crippen molar-refractivity contribution >= 4 is 22.9 Å². The van der Waals surface area contributed by atoms with Crippen LogP contribution >= 0.6 is 22.9 Å². The fraction of sp³-hybridized carbons (Fsp3) is 0.231. The van der Waals surface area contributed by atoms with Crippen molar-refractivity contribution in [2.24, 2.45) is 5.73 Å². The molecule has 1 aromatic carbocycles. The van der Waals surface area contributed by atoms with Gasteiger partial charge < -0.3 is 5.73 Å². The van der Waals surface area contributed by atoms with Crippen molar-refractivity contribution < 1.29 is 4.39 Å². The number of hydrogen-bond acceptors (Lipinski definition) is 2. The molecule has 90 valence electrons. The topological polar surface area (TPSA) is 26.0 Å². The summed E-state index contributed by atoms with van der Waals surface area (Å²) < 4.78 is 13.2. The fourth-order valence-corrected chi connectivity index (χ4v) is 2.91. The molecule has 1 unspecified atom stereocenters. The predicted molar refractivity (Wildman–Crippen MR) is 71.9 cm³/mol. The van der Waals surface area contributed by atoms with E-state index in [0.717, 1.165) is 21.7 Å². The summed E-state index contributed by atoms with van der Waals surface area (Å²) in [6, 6.07) is 8.56. The van der Waals surface area contributed by atoms with E-state index in [-0.39, 0.29) is 11.9 Å². The summed E-state index contributed by atoms with van der Waals surface area (Å²) in [5.41, 5.74) is 6.76. The molecule has 2 rings (SSSR count). The van der Waals surface area contributed by atoms with Crippen LogP contribution in [-0.4, -0.2) is 0 Å². The third-order valence-electron chi connectivity index (χ3n) is 2.58. The second-order valence-electron chi connectivity index (χ2n) is 3.87. The third-order valence-corrected chi connectivity index (χ3v) is 4.06. The van der Waals surface area contributed by atoms with Crippen LogP contribution in [-0.2, 0) is 0 Å². The van der Waals surface area contributed by atoms with Crippen molar-refractivity contribution in [2.75, 3.05) is 0 Å². The highest BCUT2D eigenvalue weighted by Crippen LogP contribution is 2.33. The van der Waals surface area contributed by atoms with Gasteiger partial charge in [0.25, 0.3) is 0 Å². The summed E-state index contributed by atoms with van der Waals surface area (Å²) in [7, 11) is 0. The molecular weight excluding hydrogens is 257 g/mol. The average molecular weight is 270 g/mol. The summed E-state index contributed by atoms with van der Waals surface area (Å²) in [6.07, 6.45) is 0.893. The molecule has 0 saturated carbocycles. The standard InChI is InChI=1S/C13H13ClFNS/c1-2-11(16)13-4-3-12(17-13)8-5-9(14)7-10(15)6-8/h3-7,11H,2,16H2,1H3. The highest BCUT2D eigenvalue weighted by Gasteiger charge is 2.09. The first kappa shape index (κ1) is 12.6. The molecule has 4 heteroatoms. The van der Waals surface area contributed by atoms with Gasteiger partial charge in [-0.05, 0) is 42.3 Å².